The molecule has 4 heteroatoms. The van der Waals surface area contributed by atoms with Gasteiger partial charge in [-0.15, -0.1) is 0 Å². The van der Waals surface area contributed by atoms with Crippen LogP contribution in [0.3, 0.4) is 0 Å². The molecule has 0 amide bonds. The van der Waals surface area contributed by atoms with Gasteiger partial charge in [0.25, 0.3) is 0 Å². The van der Waals surface area contributed by atoms with Gasteiger partial charge in [-0.25, -0.2) is 0 Å². The zero-order valence-corrected chi connectivity index (χ0v) is 12.6. The summed E-state index contributed by atoms with van der Waals surface area (Å²) < 4.78 is 6.23. The molecule has 19 heavy (non-hydrogen) atoms. The number of benzene rings is 2. The van der Waals surface area contributed by atoms with Crippen molar-refractivity contribution in [2.45, 2.75) is 13.5 Å². The first-order chi connectivity index (χ1) is 9.10. The molecule has 0 heterocycles. The summed E-state index contributed by atoms with van der Waals surface area (Å²) in [5.41, 5.74) is 9.95. The van der Waals surface area contributed by atoms with E-state index in [0.717, 1.165) is 33.7 Å². The Hall–Kier alpha value is -1.68. The molecule has 0 aliphatic carbocycles. The van der Waals surface area contributed by atoms with E-state index >= 15 is 0 Å². The highest BCUT2D eigenvalue weighted by Crippen LogP contribution is 2.24. The minimum atomic E-state index is 0.733. The standard InChI is InChI=1S/C15H17BrN2O/c1-10-7-11(3-6-15(10)19-2)9-18-14-5-4-12(16)8-13(14)17/h3-8,18H,9,17H2,1-2H3. The van der Waals surface area contributed by atoms with Gasteiger partial charge < -0.3 is 15.8 Å². The summed E-state index contributed by atoms with van der Waals surface area (Å²) in [7, 11) is 1.68. The Morgan fingerprint density at radius 2 is 2.00 bits per heavy atom. The zero-order chi connectivity index (χ0) is 13.8. The maximum absolute atomic E-state index is 5.95. The van der Waals surface area contributed by atoms with Gasteiger partial charge in [0.2, 0.25) is 0 Å². The summed E-state index contributed by atoms with van der Waals surface area (Å²) in [6.45, 7) is 2.77. The van der Waals surface area contributed by atoms with Crippen molar-refractivity contribution in [1.29, 1.82) is 0 Å². The fourth-order valence-corrected chi connectivity index (χ4v) is 2.32. The summed E-state index contributed by atoms with van der Waals surface area (Å²) in [5, 5.41) is 3.33. The van der Waals surface area contributed by atoms with E-state index in [2.05, 4.69) is 27.3 Å². The molecule has 100 valence electrons. The van der Waals surface area contributed by atoms with Gasteiger partial charge in [-0.05, 0) is 42.3 Å². The number of ether oxygens (including phenoxy) is 1. The topological polar surface area (TPSA) is 47.3 Å². The average molecular weight is 321 g/mol. The van der Waals surface area contributed by atoms with Crippen molar-refractivity contribution in [1.82, 2.24) is 0 Å². The van der Waals surface area contributed by atoms with E-state index in [4.69, 9.17) is 10.5 Å². The number of methoxy groups -OCH3 is 1. The van der Waals surface area contributed by atoms with E-state index in [0.29, 0.717) is 0 Å². The van der Waals surface area contributed by atoms with E-state index in [9.17, 15) is 0 Å². The molecule has 0 spiro atoms. The van der Waals surface area contributed by atoms with Crippen LogP contribution in [0, 0.1) is 6.92 Å². The quantitative estimate of drug-likeness (QED) is 0.838. The molecule has 2 rings (SSSR count). The first-order valence-corrected chi connectivity index (χ1v) is 6.82. The van der Waals surface area contributed by atoms with E-state index in [1.807, 2.05) is 37.3 Å². The molecule has 0 aromatic heterocycles. The average Bonchev–Trinajstić information content (AvgIpc) is 2.38. The van der Waals surface area contributed by atoms with Crippen LogP contribution in [0.1, 0.15) is 11.1 Å². The number of rotatable bonds is 4. The highest BCUT2D eigenvalue weighted by Gasteiger charge is 2.02. The lowest BCUT2D eigenvalue weighted by Crippen LogP contribution is -2.03. The summed E-state index contributed by atoms with van der Waals surface area (Å²) in [6.07, 6.45) is 0. The second-order valence-electron chi connectivity index (χ2n) is 4.39. The molecule has 0 aliphatic heterocycles. The summed E-state index contributed by atoms with van der Waals surface area (Å²) in [4.78, 5) is 0. The Kier molecular flexibility index (Phi) is 4.32. The predicted molar refractivity (Wildman–Crippen MR) is 83.6 cm³/mol. The summed E-state index contributed by atoms with van der Waals surface area (Å²) in [6, 6.07) is 12.0. The number of hydrogen-bond acceptors (Lipinski definition) is 3. The summed E-state index contributed by atoms with van der Waals surface area (Å²) >= 11 is 3.40. The second kappa shape index (κ2) is 5.97. The van der Waals surface area contributed by atoms with Crippen LogP contribution >= 0.6 is 15.9 Å². The smallest absolute Gasteiger partial charge is 0.121 e. The lowest BCUT2D eigenvalue weighted by molar-refractivity contribution is 0.411. The Morgan fingerprint density at radius 1 is 1.21 bits per heavy atom. The fraction of sp³-hybridized carbons (Fsp3) is 0.200. The predicted octanol–water partition coefficient (Wildman–Crippen LogP) is 3.96. The van der Waals surface area contributed by atoms with Crippen LogP contribution in [-0.4, -0.2) is 7.11 Å². The largest absolute Gasteiger partial charge is 0.496 e. The molecule has 0 bridgehead atoms. The molecule has 0 aliphatic rings. The van der Waals surface area contributed by atoms with Crippen LogP contribution < -0.4 is 15.8 Å². The Bertz CT molecular complexity index is 584. The van der Waals surface area contributed by atoms with Crippen LogP contribution in [-0.2, 0) is 6.54 Å². The Morgan fingerprint density at radius 3 is 2.63 bits per heavy atom. The maximum atomic E-state index is 5.95. The van der Waals surface area contributed by atoms with Gasteiger partial charge in [0, 0.05) is 11.0 Å². The lowest BCUT2D eigenvalue weighted by Gasteiger charge is -2.11. The zero-order valence-electron chi connectivity index (χ0n) is 11.0. The Balaban J connectivity index is 2.08. The number of nitrogen functional groups attached to an aromatic ring is 1. The highest BCUT2D eigenvalue weighted by molar-refractivity contribution is 9.10. The monoisotopic (exact) mass is 320 g/mol. The van der Waals surface area contributed by atoms with Crippen LogP contribution in [0.15, 0.2) is 40.9 Å². The molecule has 2 aromatic rings. The molecule has 0 fully saturated rings. The van der Waals surface area contributed by atoms with Crippen LogP contribution in [0.5, 0.6) is 5.75 Å². The van der Waals surface area contributed by atoms with Gasteiger partial charge in [0.15, 0.2) is 0 Å². The molecular weight excluding hydrogens is 304 g/mol. The molecule has 0 radical (unpaired) electrons. The first kappa shape index (κ1) is 13.7. The van der Waals surface area contributed by atoms with Crippen molar-refractivity contribution in [3.63, 3.8) is 0 Å². The highest BCUT2D eigenvalue weighted by atomic mass is 79.9. The summed E-state index contributed by atoms with van der Waals surface area (Å²) in [5.74, 6) is 0.909. The number of nitrogens with one attached hydrogen (secondary N) is 1. The molecule has 0 saturated carbocycles. The third kappa shape index (κ3) is 3.41. The van der Waals surface area contributed by atoms with Crippen molar-refractivity contribution in [3.8, 4) is 5.75 Å². The third-order valence-corrected chi connectivity index (χ3v) is 3.45. The maximum Gasteiger partial charge on any atom is 0.121 e. The van der Waals surface area contributed by atoms with Crippen LogP contribution in [0.4, 0.5) is 11.4 Å². The molecular formula is C15H17BrN2O. The molecule has 3 N–H and O–H groups in total. The number of anilines is 2. The molecule has 0 saturated heterocycles. The van der Waals surface area contributed by atoms with Gasteiger partial charge >= 0.3 is 0 Å². The van der Waals surface area contributed by atoms with E-state index in [-0.39, 0.29) is 0 Å². The van der Waals surface area contributed by atoms with Gasteiger partial charge in [-0.3, -0.25) is 0 Å². The van der Waals surface area contributed by atoms with E-state index < -0.39 is 0 Å². The SMILES string of the molecule is COc1ccc(CNc2ccc(Br)cc2N)cc1C. The van der Waals surface area contributed by atoms with Gasteiger partial charge in [-0.1, -0.05) is 28.1 Å². The lowest BCUT2D eigenvalue weighted by atomic mass is 10.1. The van der Waals surface area contributed by atoms with E-state index in [1.54, 1.807) is 7.11 Å². The minimum absolute atomic E-state index is 0.733. The normalized spacial score (nSPS) is 10.3. The number of hydrogen-bond donors (Lipinski definition) is 2. The van der Waals surface area contributed by atoms with Gasteiger partial charge in [0.05, 0.1) is 18.5 Å². The Labute approximate surface area is 121 Å². The van der Waals surface area contributed by atoms with Crippen molar-refractivity contribution in [3.05, 3.63) is 52.0 Å². The molecule has 3 nitrogen and oxygen atoms in total. The van der Waals surface area contributed by atoms with Gasteiger partial charge in [-0.2, -0.15) is 0 Å². The number of halogens is 1. The minimum Gasteiger partial charge on any atom is -0.496 e. The van der Waals surface area contributed by atoms with E-state index in [1.165, 1.54) is 5.56 Å². The molecule has 0 atom stereocenters. The van der Waals surface area contributed by atoms with Crippen LogP contribution in [0.2, 0.25) is 0 Å². The van der Waals surface area contributed by atoms with Crippen LogP contribution in [0.25, 0.3) is 0 Å². The van der Waals surface area contributed by atoms with Gasteiger partial charge in [0.1, 0.15) is 5.75 Å². The first-order valence-electron chi connectivity index (χ1n) is 6.02. The van der Waals surface area contributed by atoms with Crippen molar-refractivity contribution >= 4 is 27.3 Å². The number of nitrogens with two attached hydrogens (primary N) is 1. The third-order valence-electron chi connectivity index (χ3n) is 2.96. The van der Waals surface area contributed by atoms with Crippen molar-refractivity contribution in [2.24, 2.45) is 0 Å². The van der Waals surface area contributed by atoms with Crippen molar-refractivity contribution < 1.29 is 4.74 Å². The molecule has 0 unspecified atom stereocenters. The molecule has 2 aromatic carbocycles. The number of aryl methyl sites for hydroxylation is 1. The fourth-order valence-electron chi connectivity index (χ4n) is 1.94. The second-order valence-corrected chi connectivity index (χ2v) is 5.30. The van der Waals surface area contributed by atoms with Crippen molar-refractivity contribution in [2.75, 3.05) is 18.2 Å².